The molecule has 1 amide bonds. The van der Waals surface area contributed by atoms with Gasteiger partial charge in [-0.05, 0) is 12.1 Å². The third-order valence-corrected chi connectivity index (χ3v) is 2.05. The molecule has 0 unspecified atom stereocenters. The number of hydrogen-bond acceptors (Lipinski definition) is 3. The van der Waals surface area contributed by atoms with Gasteiger partial charge >= 0.3 is 0 Å². The van der Waals surface area contributed by atoms with E-state index in [9.17, 15) is 4.79 Å². The summed E-state index contributed by atoms with van der Waals surface area (Å²) < 4.78 is 9.70. The summed E-state index contributed by atoms with van der Waals surface area (Å²) in [4.78, 5) is 11.2. The second kappa shape index (κ2) is 5.58. The van der Waals surface area contributed by atoms with E-state index in [2.05, 4.69) is 10.1 Å². The van der Waals surface area contributed by atoms with Gasteiger partial charge in [-0.1, -0.05) is 11.6 Å². The molecule has 0 heterocycles. The van der Waals surface area contributed by atoms with E-state index in [1.165, 1.54) is 7.11 Å². The normalized spacial score (nSPS) is 9.80. The lowest BCUT2D eigenvalue weighted by Gasteiger charge is -2.08. The van der Waals surface area contributed by atoms with E-state index in [0.717, 1.165) is 0 Å². The maximum absolute atomic E-state index is 11.2. The minimum absolute atomic E-state index is 0.00641. The van der Waals surface area contributed by atoms with Gasteiger partial charge in [-0.3, -0.25) is 4.79 Å². The molecule has 15 heavy (non-hydrogen) atoms. The van der Waals surface area contributed by atoms with Crippen LogP contribution in [0.5, 0.6) is 5.75 Å². The molecule has 0 saturated carbocycles. The highest BCUT2D eigenvalue weighted by Gasteiger charge is 2.06. The first-order chi connectivity index (χ1) is 7.17. The molecule has 1 N–H and O–H groups in total. The van der Waals surface area contributed by atoms with Gasteiger partial charge in [0.25, 0.3) is 0 Å². The minimum Gasteiger partial charge on any atom is -0.497 e. The van der Waals surface area contributed by atoms with Crippen molar-refractivity contribution in [3.8, 4) is 5.75 Å². The first-order valence-electron chi connectivity index (χ1n) is 4.29. The Bertz CT molecular complexity index is 355. The number of methoxy groups -OCH3 is 2. The quantitative estimate of drug-likeness (QED) is 0.858. The lowest BCUT2D eigenvalue weighted by Crippen LogP contribution is -2.17. The molecule has 0 fully saturated rings. The molecule has 0 aliphatic heterocycles. The Morgan fingerprint density at radius 1 is 1.47 bits per heavy atom. The largest absolute Gasteiger partial charge is 0.497 e. The Hall–Kier alpha value is -1.26. The van der Waals surface area contributed by atoms with Crippen LogP contribution in [0.25, 0.3) is 0 Å². The fourth-order valence-corrected chi connectivity index (χ4v) is 1.21. The van der Waals surface area contributed by atoms with Crippen LogP contribution in [-0.2, 0) is 9.53 Å². The molecular weight excluding hydrogens is 218 g/mol. The summed E-state index contributed by atoms with van der Waals surface area (Å²) in [6.07, 6.45) is 0. The number of hydrogen-bond donors (Lipinski definition) is 1. The Morgan fingerprint density at radius 2 is 2.20 bits per heavy atom. The van der Waals surface area contributed by atoms with Gasteiger partial charge in [0.1, 0.15) is 12.4 Å². The highest BCUT2D eigenvalue weighted by Crippen LogP contribution is 2.26. The smallest absolute Gasteiger partial charge is 0.250 e. The second-order valence-electron chi connectivity index (χ2n) is 2.83. The summed E-state index contributed by atoms with van der Waals surface area (Å²) in [5, 5.41) is 3.07. The van der Waals surface area contributed by atoms with E-state index < -0.39 is 0 Å². The first kappa shape index (κ1) is 11.8. The van der Waals surface area contributed by atoms with Crippen molar-refractivity contribution in [3.05, 3.63) is 23.2 Å². The van der Waals surface area contributed by atoms with Crippen LogP contribution in [-0.4, -0.2) is 26.7 Å². The Labute approximate surface area is 93.1 Å². The predicted molar refractivity (Wildman–Crippen MR) is 58.5 cm³/mol. The molecule has 1 aromatic carbocycles. The monoisotopic (exact) mass is 229 g/mol. The van der Waals surface area contributed by atoms with Crippen LogP contribution in [0.4, 0.5) is 5.69 Å². The van der Waals surface area contributed by atoms with Crippen LogP contribution in [0.15, 0.2) is 18.2 Å². The fraction of sp³-hybridized carbons (Fsp3) is 0.300. The summed E-state index contributed by atoms with van der Waals surface area (Å²) in [6, 6.07) is 5.02. The predicted octanol–water partition coefficient (Wildman–Crippen LogP) is 1.93. The maximum Gasteiger partial charge on any atom is 0.250 e. The summed E-state index contributed by atoms with van der Waals surface area (Å²) in [7, 11) is 3.00. The molecule has 0 saturated heterocycles. The van der Waals surface area contributed by atoms with Crippen LogP contribution in [0.1, 0.15) is 0 Å². The van der Waals surface area contributed by atoms with E-state index in [4.69, 9.17) is 16.3 Å². The number of benzene rings is 1. The van der Waals surface area contributed by atoms with Crippen LogP contribution >= 0.6 is 11.6 Å². The highest BCUT2D eigenvalue weighted by molar-refractivity contribution is 6.33. The number of nitrogens with one attached hydrogen (secondary N) is 1. The Kier molecular flexibility index (Phi) is 4.39. The number of ether oxygens (including phenoxy) is 2. The van der Waals surface area contributed by atoms with Gasteiger partial charge in [-0.2, -0.15) is 0 Å². The highest BCUT2D eigenvalue weighted by atomic mass is 35.5. The third kappa shape index (κ3) is 3.42. The van der Waals surface area contributed by atoms with E-state index in [-0.39, 0.29) is 12.5 Å². The maximum atomic E-state index is 11.2. The van der Waals surface area contributed by atoms with E-state index in [0.29, 0.717) is 16.5 Å². The SMILES string of the molecule is COCC(=O)Nc1cc(OC)ccc1Cl. The molecule has 1 rings (SSSR count). The molecule has 0 bridgehead atoms. The van der Waals surface area contributed by atoms with Crippen LogP contribution in [0.3, 0.4) is 0 Å². The van der Waals surface area contributed by atoms with Gasteiger partial charge in [0.05, 0.1) is 17.8 Å². The van der Waals surface area contributed by atoms with E-state index in [1.807, 2.05) is 0 Å². The second-order valence-corrected chi connectivity index (χ2v) is 3.23. The van der Waals surface area contributed by atoms with Crippen molar-refractivity contribution in [1.82, 2.24) is 0 Å². The lowest BCUT2D eigenvalue weighted by atomic mass is 10.3. The molecule has 1 aromatic rings. The average Bonchev–Trinajstić information content (AvgIpc) is 2.21. The Morgan fingerprint density at radius 3 is 2.80 bits per heavy atom. The molecule has 0 spiro atoms. The molecule has 0 aliphatic carbocycles. The molecular formula is C10H12ClNO3. The van der Waals surface area contributed by atoms with Gasteiger partial charge in [-0.25, -0.2) is 0 Å². The van der Waals surface area contributed by atoms with Gasteiger partial charge < -0.3 is 14.8 Å². The molecule has 0 aliphatic rings. The standard InChI is InChI=1S/C10H12ClNO3/c1-14-6-10(13)12-9-5-7(15-2)3-4-8(9)11/h3-5H,6H2,1-2H3,(H,12,13). The topological polar surface area (TPSA) is 47.6 Å². The third-order valence-electron chi connectivity index (χ3n) is 1.72. The average molecular weight is 230 g/mol. The molecule has 0 radical (unpaired) electrons. The van der Waals surface area contributed by atoms with Crippen LogP contribution < -0.4 is 10.1 Å². The van der Waals surface area contributed by atoms with Crippen molar-refractivity contribution >= 4 is 23.2 Å². The van der Waals surface area contributed by atoms with Crippen molar-refractivity contribution in [2.45, 2.75) is 0 Å². The number of rotatable bonds is 4. The zero-order valence-electron chi connectivity index (χ0n) is 8.54. The van der Waals surface area contributed by atoms with Crippen LogP contribution in [0, 0.1) is 0 Å². The summed E-state index contributed by atoms with van der Waals surface area (Å²) >= 11 is 5.89. The molecule has 4 nitrogen and oxygen atoms in total. The number of anilines is 1. The zero-order valence-corrected chi connectivity index (χ0v) is 9.30. The molecule has 0 atom stereocenters. The fourth-order valence-electron chi connectivity index (χ4n) is 1.04. The van der Waals surface area contributed by atoms with Crippen molar-refractivity contribution in [3.63, 3.8) is 0 Å². The number of carbonyl (C=O) groups excluding carboxylic acids is 1. The van der Waals surface area contributed by atoms with E-state index in [1.54, 1.807) is 25.3 Å². The lowest BCUT2D eigenvalue weighted by molar-refractivity contribution is -0.119. The minimum atomic E-state index is -0.257. The summed E-state index contributed by atoms with van der Waals surface area (Å²) in [6.45, 7) is -0.00641. The van der Waals surface area contributed by atoms with Crippen molar-refractivity contribution in [2.24, 2.45) is 0 Å². The Balaban J connectivity index is 2.79. The van der Waals surface area contributed by atoms with Crippen molar-refractivity contribution < 1.29 is 14.3 Å². The number of amides is 1. The van der Waals surface area contributed by atoms with Gasteiger partial charge in [0.15, 0.2) is 0 Å². The van der Waals surface area contributed by atoms with E-state index >= 15 is 0 Å². The van der Waals surface area contributed by atoms with Crippen molar-refractivity contribution in [2.75, 3.05) is 26.1 Å². The molecule has 82 valence electrons. The zero-order chi connectivity index (χ0) is 11.3. The van der Waals surface area contributed by atoms with Crippen molar-refractivity contribution in [1.29, 1.82) is 0 Å². The van der Waals surface area contributed by atoms with Gasteiger partial charge in [0, 0.05) is 13.2 Å². The van der Waals surface area contributed by atoms with Gasteiger partial charge in [0.2, 0.25) is 5.91 Å². The molecule has 0 aromatic heterocycles. The molecule has 5 heteroatoms. The first-order valence-corrected chi connectivity index (χ1v) is 4.67. The summed E-state index contributed by atoms with van der Waals surface area (Å²) in [5.74, 6) is 0.375. The number of carbonyl (C=O) groups is 1. The van der Waals surface area contributed by atoms with Gasteiger partial charge in [-0.15, -0.1) is 0 Å². The number of halogens is 1. The summed E-state index contributed by atoms with van der Waals surface area (Å²) in [5.41, 5.74) is 0.512. The van der Waals surface area contributed by atoms with Crippen LogP contribution in [0.2, 0.25) is 5.02 Å².